The number of rotatable bonds is 3. The molecule has 1 aromatic rings. The maximum atomic E-state index is 12.3. The lowest BCUT2D eigenvalue weighted by Crippen LogP contribution is -2.44. The Morgan fingerprint density at radius 1 is 1.15 bits per heavy atom. The van der Waals surface area contributed by atoms with E-state index >= 15 is 0 Å². The minimum Gasteiger partial charge on any atom is -0.378 e. The van der Waals surface area contributed by atoms with Crippen molar-refractivity contribution in [3.8, 4) is 0 Å². The third-order valence-corrected chi connectivity index (χ3v) is 2.97. The predicted molar refractivity (Wildman–Crippen MR) is 72.5 cm³/mol. The normalized spacial score (nSPS) is 14.8. The number of hydrogen-bond donors (Lipinski definition) is 1. The first-order chi connectivity index (χ1) is 9.59. The van der Waals surface area contributed by atoms with Gasteiger partial charge in [0.2, 0.25) is 5.91 Å². The molecule has 0 unspecified atom stereocenters. The van der Waals surface area contributed by atoms with Gasteiger partial charge in [-0.05, 0) is 12.1 Å². The third kappa shape index (κ3) is 3.21. The Kier molecular flexibility index (Phi) is 4.47. The predicted octanol–water partition coefficient (Wildman–Crippen LogP) is 0.686. The van der Waals surface area contributed by atoms with Crippen LogP contribution in [-0.4, -0.2) is 48.8 Å². The largest absolute Gasteiger partial charge is 0.378 e. The molecule has 0 aliphatic carbocycles. The van der Waals surface area contributed by atoms with Gasteiger partial charge < -0.3 is 15.0 Å². The number of morpholine rings is 1. The van der Waals surface area contributed by atoms with E-state index in [-0.39, 0.29) is 11.5 Å². The Balaban J connectivity index is 2.19. The Bertz CT molecular complexity index is 536. The number of para-hydroxylation sites is 1. The molecule has 6 nitrogen and oxygen atoms in total. The van der Waals surface area contributed by atoms with E-state index in [2.05, 4.69) is 5.32 Å². The number of nitrogens with one attached hydrogen (secondary N) is 1. The summed E-state index contributed by atoms with van der Waals surface area (Å²) in [6, 6.07) is 6.49. The van der Waals surface area contributed by atoms with Gasteiger partial charge in [-0.2, -0.15) is 0 Å². The van der Waals surface area contributed by atoms with Crippen molar-refractivity contribution in [1.29, 1.82) is 0 Å². The highest BCUT2D eigenvalue weighted by molar-refractivity contribution is 6.44. The van der Waals surface area contributed by atoms with Crippen LogP contribution in [0.25, 0.3) is 0 Å². The Morgan fingerprint density at radius 2 is 1.80 bits per heavy atom. The molecule has 0 radical (unpaired) electrons. The summed E-state index contributed by atoms with van der Waals surface area (Å²) in [5.41, 5.74) is 0.561. The summed E-state index contributed by atoms with van der Waals surface area (Å²) >= 11 is 0. The van der Waals surface area contributed by atoms with Gasteiger partial charge in [0.15, 0.2) is 0 Å². The van der Waals surface area contributed by atoms with Crippen molar-refractivity contribution in [2.75, 3.05) is 31.6 Å². The van der Waals surface area contributed by atoms with Crippen molar-refractivity contribution in [3.05, 3.63) is 29.8 Å². The van der Waals surface area contributed by atoms with E-state index in [0.717, 1.165) is 0 Å². The lowest BCUT2D eigenvalue weighted by Gasteiger charge is -2.26. The van der Waals surface area contributed by atoms with Gasteiger partial charge in [0.25, 0.3) is 11.7 Å². The van der Waals surface area contributed by atoms with Gasteiger partial charge in [-0.1, -0.05) is 12.1 Å². The van der Waals surface area contributed by atoms with E-state index < -0.39 is 11.7 Å². The van der Waals surface area contributed by atoms with Crippen LogP contribution in [0.2, 0.25) is 0 Å². The van der Waals surface area contributed by atoms with E-state index in [1.54, 1.807) is 18.2 Å². The molecule has 1 aliphatic rings. The summed E-state index contributed by atoms with van der Waals surface area (Å²) < 4.78 is 5.15. The molecule has 2 amide bonds. The van der Waals surface area contributed by atoms with Crippen LogP contribution in [0.15, 0.2) is 24.3 Å². The van der Waals surface area contributed by atoms with Gasteiger partial charge in [0.1, 0.15) is 0 Å². The first kappa shape index (κ1) is 14.2. The van der Waals surface area contributed by atoms with Crippen molar-refractivity contribution >= 4 is 23.3 Å². The molecule has 0 aromatic heterocycles. The number of benzene rings is 1. The summed E-state index contributed by atoms with van der Waals surface area (Å²) in [6.45, 7) is 3.05. The number of ketones is 1. The molecule has 1 heterocycles. The second-order valence-electron chi connectivity index (χ2n) is 4.46. The number of carbonyl (C=O) groups excluding carboxylic acids is 3. The molecule has 6 heteroatoms. The molecule has 0 saturated carbocycles. The van der Waals surface area contributed by atoms with Crippen LogP contribution in [0.1, 0.15) is 17.3 Å². The molecule has 0 spiro atoms. The molecule has 0 bridgehead atoms. The Morgan fingerprint density at radius 3 is 2.45 bits per heavy atom. The summed E-state index contributed by atoms with van der Waals surface area (Å²) in [4.78, 5) is 37.0. The minimum atomic E-state index is -0.615. The van der Waals surface area contributed by atoms with Gasteiger partial charge >= 0.3 is 0 Å². The second-order valence-corrected chi connectivity index (χ2v) is 4.46. The van der Waals surface area contributed by atoms with Crippen LogP contribution in [0.4, 0.5) is 5.69 Å². The lowest BCUT2D eigenvalue weighted by atomic mass is 10.1. The van der Waals surface area contributed by atoms with Gasteiger partial charge in [-0.3, -0.25) is 14.4 Å². The van der Waals surface area contributed by atoms with Gasteiger partial charge in [0, 0.05) is 20.0 Å². The molecular formula is C14H16N2O4. The maximum absolute atomic E-state index is 12.3. The van der Waals surface area contributed by atoms with E-state index in [0.29, 0.717) is 32.0 Å². The fourth-order valence-corrected chi connectivity index (χ4v) is 2.01. The number of Topliss-reactive ketones (excluding diaryl/α,β-unsaturated/α-hetero) is 1. The number of nitrogens with zero attached hydrogens (tertiary/aromatic N) is 1. The van der Waals surface area contributed by atoms with Gasteiger partial charge in [-0.15, -0.1) is 0 Å². The van der Waals surface area contributed by atoms with Crippen molar-refractivity contribution < 1.29 is 19.1 Å². The smallest absolute Gasteiger partial charge is 0.295 e. The second kappa shape index (κ2) is 6.29. The number of ether oxygens (including phenoxy) is 1. The van der Waals surface area contributed by atoms with Gasteiger partial charge in [-0.25, -0.2) is 0 Å². The topological polar surface area (TPSA) is 75.7 Å². The monoisotopic (exact) mass is 276 g/mol. The zero-order valence-electron chi connectivity index (χ0n) is 11.2. The fourth-order valence-electron chi connectivity index (χ4n) is 2.01. The highest BCUT2D eigenvalue weighted by Gasteiger charge is 2.26. The molecular weight excluding hydrogens is 260 g/mol. The fraction of sp³-hybridized carbons (Fsp3) is 0.357. The van der Waals surface area contributed by atoms with Crippen LogP contribution in [-0.2, 0) is 14.3 Å². The van der Waals surface area contributed by atoms with E-state index in [1.807, 2.05) is 0 Å². The average Bonchev–Trinajstić information content (AvgIpc) is 2.46. The standard InChI is InChI=1S/C14H16N2O4/c1-10(17)15-12-5-3-2-4-11(12)13(18)14(19)16-6-8-20-9-7-16/h2-5H,6-9H2,1H3,(H,15,17). The molecule has 1 aliphatic heterocycles. The SMILES string of the molecule is CC(=O)Nc1ccccc1C(=O)C(=O)N1CCOCC1. The highest BCUT2D eigenvalue weighted by atomic mass is 16.5. The molecule has 1 aromatic carbocycles. The molecule has 2 rings (SSSR count). The number of carbonyl (C=O) groups is 3. The zero-order chi connectivity index (χ0) is 14.5. The molecule has 1 N–H and O–H groups in total. The number of amides is 2. The summed E-state index contributed by atoms with van der Waals surface area (Å²) in [5.74, 6) is -1.47. The van der Waals surface area contributed by atoms with Crippen molar-refractivity contribution in [2.24, 2.45) is 0 Å². The van der Waals surface area contributed by atoms with Crippen LogP contribution >= 0.6 is 0 Å². The lowest BCUT2D eigenvalue weighted by molar-refractivity contribution is -0.130. The van der Waals surface area contributed by atoms with Crippen molar-refractivity contribution in [3.63, 3.8) is 0 Å². The van der Waals surface area contributed by atoms with E-state index in [4.69, 9.17) is 4.74 Å². The Labute approximate surface area is 116 Å². The van der Waals surface area contributed by atoms with E-state index in [1.165, 1.54) is 17.9 Å². The quantitative estimate of drug-likeness (QED) is 0.651. The molecule has 20 heavy (non-hydrogen) atoms. The van der Waals surface area contributed by atoms with Crippen molar-refractivity contribution in [2.45, 2.75) is 6.92 Å². The molecule has 106 valence electrons. The minimum absolute atomic E-state index is 0.208. The highest BCUT2D eigenvalue weighted by Crippen LogP contribution is 2.17. The van der Waals surface area contributed by atoms with Crippen LogP contribution < -0.4 is 5.32 Å². The van der Waals surface area contributed by atoms with Crippen LogP contribution in [0.3, 0.4) is 0 Å². The first-order valence-electron chi connectivity index (χ1n) is 6.37. The van der Waals surface area contributed by atoms with Crippen molar-refractivity contribution in [1.82, 2.24) is 4.90 Å². The Hall–Kier alpha value is -2.21. The maximum Gasteiger partial charge on any atom is 0.295 e. The summed E-state index contributed by atoms with van der Waals surface area (Å²) in [7, 11) is 0. The van der Waals surface area contributed by atoms with Gasteiger partial charge in [0.05, 0.1) is 24.5 Å². The zero-order valence-corrected chi connectivity index (χ0v) is 11.2. The van der Waals surface area contributed by atoms with E-state index in [9.17, 15) is 14.4 Å². The summed E-state index contributed by atoms with van der Waals surface area (Å²) in [5, 5.41) is 2.56. The molecule has 1 fully saturated rings. The number of hydrogen-bond acceptors (Lipinski definition) is 4. The molecule has 0 atom stereocenters. The molecule has 1 saturated heterocycles. The summed E-state index contributed by atoms with van der Waals surface area (Å²) in [6.07, 6.45) is 0. The average molecular weight is 276 g/mol. The third-order valence-electron chi connectivity index (χ3n) is 2.97. The first-order valence-corrected chi connectivity index (χ1v) is 6.37. The van der Waals surface area contributed by atoms with Crippen LogP contribution in [0.5, 0.6) is 0 Å². The van der Waals surface area contributed by atoms with Crippen LogP contribution in [0, 0.1) is 0 Å². The number of anilines is 1.